The van der Waals surface area contributed by atoms with E-state index in [4.69, 9.17) is 0 Å². The van der Waals surface area contributed by atoms with Gasteiger partial charge in [-0.1, -0.05) is 25.6 Å². The van der Waals surface area contributed by atoms with E-state index in [1.807, 2.05) is 0 Å². The van der Waals surface area contributed by atoms with Gasteiger partial charge in [-0.3, -0.25) is 0 Å². The van der Waals surface area contributed by atoms with Crippen molar-refractivity contribution in [1.29, 1.82) is 0 Å². The molecule has 1 N–H and O–H groups in total. The smallest absolute Gasteiger partial charge is 0.130 e. The maximum atomic E-state index is 4.66. The summed E-state index contributed by atoms with van der Waals surface area (Å²) in [6, 6.07) is 0. The minimum absolute atomic E-state index is 0. The summed E-state index contributed by atoms with van der Waals surface area (Å²) >= 11 is 8.55. The first-order chi connectivity index (χ1) is 3.77. The van der Waals surface area contributed by atoms with Crippen molar-refractivity contribution in [2.24, 2.45) is 0 Å². The van der Waals surface area contributed by atoms with Gasteiger partial charge in [0, 0.05) is 26.0 Å². The molecule has 0 aromatic heterocycles. The van der Waals surface area contributed by atoms with Crippen molar-refractivity contribution in [3.05, 3.63) is 0 Å². The van der Waals surface area contributed by atoms with Crippen molar-refractivity contribution in [1.82, 2.24) is 5.32 Å². The van der Waals surface area contributed by atoms with Gasteiger partial charge in [-0.15, -0.1) is 12.6 Å². The number of thiol groups is 1. The van der Waals surface area contributed by atoms with Crippen LogP contribution in [0.3, 0.4) is 0 Å². The van der Waals surface area contributed by atoms with Crippen LogP contribution in [-0.4, -0.2) is 10.9 Å². The largest absolute Gasteiger partial charge is 0.371 e. The fourth-order valence-electron chi connectivity index (χ4n) is 0.372. The Morgan fingerprint density at radius 2 is 2.22 bits per heavy atom. The van der Waals surface area contributed by atoms with Crippen molar-refractivity contribution >= 4 is 29.2 Å². The first-order valence-electron chi connectivity index (χ1n) is 2.74. The molecule has 0 bridgehead atoms. The fourth-order valence-corrected chi connectivity index (χ4v) is 0.586. The first kappa shape index (κ1) is 12.5. The number of hydrogen-bond donors (Lipinski definition) is 2. The Hall–Kier alpha value is 0.863. The molecule has 1 nitrogen and oxygen atoms in total. The Balaban J connectivity index is 0. The molecule has 0 aliphatic heterocycles. The van der Waals surface area contributed by atoms with Gasteiger partial charge < -0.3 is 5.32 Å². The van der Waals surface area contributed by atoms with E-state index in [0.29, 0.717) is 4.32 Å². The molecule has 0 radical (unpaired) electrons. The minimum Gasteiger partial charge on any atom is -0.371 e. The van der Waals surface area contributed by atoms with Crippen molar-refractivity contribution in [2.45, 2.75) is 19.8 Å². The third kappa shape index (κ3) is 12.1. The molecule has 0 spiro atoms. The third-order valence-electron chi connectivity index (χ3n) is 0.807. The Morgan fingerprint density at radius 1 is 1.67 bits per heavy atom. The zero-order valence-corrected chi connectivity index (χ0v) is 10.4. The van der Waals surface area contributed by atoms with Crippen LogP contribution in [0.5, 0.6) is 0 Å². The van der Waals surface area contributed by atoms with Gasteiger partial charge in [0.05, 0.1) is 0 Å². The molecule has 50 valence electrons. The summed E-state index contributed by atoms with van der Waals surface area (Å²) in [6.45, 7) is 3.10. The minimum atomic E-state index is 0. The van der Waals surface area contributed by atoms with Crippen molar-refractivity contribution in [3.8, 4) is 0 Å². The van der Waals surface area contributed by atoms with Gasteiger partial charge in [0.15, 0.2) is 0 Å². The van der Waals surface area contributed by atoms with Crippen molar-refractivity contribution in [3.63, 3.8) is 0 Å². The van der Waals surface area contributed by atoms with Gasteiger partial charge in [-0.25, -0.2) is 0 Å². The Bertz CT molecular complexity index is 77.4. The molecule has 0 aromatic carbocycles. The predicted octanol–water partition coefficient (Wildman–Crippen LogP) is 1.59. The van der Waals surface area contributed by atoms with Crippen LogP contribution in [-0.2, 0) is 19.5 Å². The van der Waals surface area contributed by atoms with Crippen LogP contribution in [0, 0.1) is 0 Å². The number of unbranched alkanes of at least 4 members (excludes halogenated alkanes) is 1. The van der Waals surface area contributed by atoms with Gasteiger partial charge >= 0.3 is 0 Å². The van der Waals surface area contributed by atoms with E-state index in [1.165, 1.54) is 12.8 Å². The number of thiocarbonyl (C=S) groups is 1. The van der Waals surface area contributed by atoms with E-state index in [9.17, 15) is 0 Å². The molecule has 4 heteroatoms. The molecule has 0 aliphatic carbocycles. The summed E-state index contributed by atoms with van der Waals surface area (Å²) in [7, 11) is 0. The van der Waals surface area contributed by atoms with E-state index in [0.717, 1.165) is 6.54 Å². The molecular weight excluding hydrogens is 204 g/mol. The molecule has 0 rings (SSSR count). The Morgan fingerprint density at radius 3 is 2.56 bits per heavy atom. The van der Waals surface area contributed by atoms with Gasteiger partial charge in [0.25, 0.3) is 0 Å². The molecule has 0 aromatic rings. The average molecular weight is 215 g/mol. The molecule has 0 aliphatic rings. The summed E-state index contributed by atoms with van der Waals surface area (Å²) in [5, 5.41) is 2.94. The van der Waals surface area contributed by atoms with Gasteiger partial charge in [-0.05, 0) is 6.42 Å². The van der Waals surface area contributed by atoms with Crippen LogP contribution in [0.15, 0.2) is 0 Å². The van der Waals surface area contributed by atoms with Crippen molar-refractivity contribution in [2.75, 3.05) is 6.54 Å². The summed E-state index contributed by atoms with van der Waals surface area (Å²) < 4.78 is 0.596. The summed E-state index contributed by atoms with van der Waals surface area (Å²) in [5.74, 6) is 0. The standard InChI is InChI=1S/C5H11NS2.Zn/c1-2-3-4-6-5(7)8;/h2-4H2,1H3,(H2,6,7,8);. The monoisotopic (exact) mass is 213 g/mol. The van der Waals surface area contributed by atoms with E-state index >= 15 is 0 Å². The van der Waals surface area contributed by atoms with Gasteiger partial charge in [0.2, 0.25) is 0 Å². The number of nitrogens with one attached hydrogen (secondary N) is 1. The van der Waals surface area contributed by atoms with Crippen LogP contribution in [0.2, 0.25) is 0 Å². The van der Waals surface area contributed by atoms with Crippen LogP contribution in [0.1, 0.15) is 19.8 Å². The topological polar surface area (TPSA) is 12.0 Å². The Kier molecular flexibility index (Phi) is 12.3. The summed E-state index contributed by atoms with van der Waals surface area (Å²) in [5.41, 5.74) is 0. The molecule has 0 amide bonds. The van der Waals surface area contributed by atoms with Crippen LogP contribution in [0.4, 0.5) is 0 Å². The van der Waals surface area contributed by atoms with E-state index in [-0.39, 0.29) is 19.5 Å². The van der Waals surface area contributed by atoms with Crippen LogP contribution >= 0.6 is 24.8 Å². The predicted molar refractivity (Wildman–Crippen MR) is 44.5 cm³/mol. The molecule has 9 heavy (non-hydrogen) atoms. The second-order valence-corrected chi connectivity index (χ2v) is 2.74. The van der Waals surface area contributed by atoms with E-state index in [1.54, 1.807) is 0 Å². The zero-order valence-electron chi connectivity index (χ0n) is 5.68. The molecule has 0 fully saturated rings. The quantitative estimate of drug-likeness (QED) is 0.320. The van der Waals surface area contributed by atoms with E-state index in [2.05, 4.69) is 37.1 Å². The second kappa shape index (κ2) is 8.86. The summed E-state index contributed by atoms with van der Waals surface area (Å²) in [6.07, 6.45) is 2.37. The maximum absolute atomic E-state index is 4.66. The molecular formula is C5H11NS2Zn. The molecule has 0 atom stereocenters. The summed E-state index contributed by atoms with van der Waals surface area (Å²) in [4.78, 5) is 0. The molecule has 0 heterocycles. The normalized spacial score (nSPS) is 7.78. The zero-order chi connectivity index (χ0) is 6.41. The van der Waals surface area contributed by atoms with Gasteiger partial charge in [0.1, 0.15) is 4.32 Å². The molecule has 0 unspecified atom stereocenters. The fraction of sp³-hybridized carbons (Fsp3) is 0.800. The Labute approximate surface area is 80.1 Å². The van der Waals surface area contributed by atoms with E-state index < -0.39 is 0 Å². The number of rotatable bonds is 3. The van der Waals surface area contributed by atoms with Crippen LogP contribution < -0.4 is 5.32 Å². The third-order valence-corrected chi connectivity index (χ3v) is 1.11. The molecule has 0 saturated heterocycles. The SMILES string of the molecule is CCCCNC(=S)S.[Zn]. The van der Waals surface area contributed by atoms with Gasteiger partial charge in [-0.2, -0.15) is 0 Å². The van der Waals surface area contributed by atoms with Crippen LogP contribution in [0.25, 0.3) is 0 Å². The maximum Gasteiger partial charge on any atom is 0.130 e. The first-order valence-corrected chi connectivity index (χ1v) is 3.59. The molecule has 0 saturated carbocycles. The van der Waals surface area contributed by atoms with Crippen molar-refractivity contribution < 1.29 is 19.5 Å². The average Bonchev–Trinajstić information content (AvgIpc) is 1.66. The number of hydrogen-bond acceptors (Lipinski definition) is 1. The second-order valence-electron chi connectivity index (χ2n) is 1.59.